The van der Waals surface area contributed by atoms with Gasteiger partial charge in [0.05, 0.1) is 4.92 Å². The Morgan fingerprint density at radius 2 is 2.20 bits per heavy atom. The van der Waals surface area contributed by atoms with Gasteiger partial charge in [-0.3, -0.25) is 14.9 Å². The van der Waals surface area contributed by atoms with Crippen molar-refractivity contribution in [2.24, 2.45) is 11.8 Å². The summed E-state index contributed by atoms with van der Waals surface area (Å²) in [7, 11) is 0. The molecule has 1 unspecified atom stereocenters. The number of nitro groups is 1. The van der Waals surface area contributed by atoms with Gasteiger partial charge in [0.25, 0.3) is 5.69 Å². The Morgan fingerprint density at radius 3 is 2.75 bits per heavy atom. The Labute approximate surface area is 117 Å². The Kier molecular flexibility index (Phi) is 3.92. The molecule has 0 bridgehead atoms. The van der Waals surface area contributed by atoms with E-state index < -0.39 is 4.92 Å². The molecule has 2 N–H and O–H groups in total. The van der Waals surface area contributed by atoms with Crippen molar-refractivity contribution in [2.75, 3.05) is 12.3 Å². The molecule has 0 saturated carbocycles. The third kappa shape index (κ3) is 2.89. The summed E-state index contributed by atoms with van der Waals surface area (Å²) in [5, 5.41) is 10.9. The third-order valence-corrected chi connectivity index (χ3v) is 3.85. The number of carbonyl (C=O) groups is 1. The zero-order chi connectivity index (χ0) is 14.9. The predicted octanol–water partition coefficient (Wildman–Crippen LogP) is 2.18. The van der Waals surface area contributed by atoms with Gasteiger partial charge >= 0.3 is 0 Å². The minimum absolute atomic E-state index is 0.102. The fourth-order valence-corrected chi connectivity index (χ4v) is 2.47. The van der Waals surface area contributed by atoms with E-state index >= 15 is 0 Å². The first-order valence-electron chi connectivity index (χ1n) is 6.69. The average Bonchev–Trinajstić information content (AvgIpc) is 2.73. The quantitative estimate of drug-likeness (QED) is 0.519. The van der Waals surface area contributed by atoms with Gasteiger partial charge < -0.3 is 10.6 Å². The van der Waals surface area contributed by atoms with Crippen molar-refractivity contribution < 1.29 is 9.72 Å². The number of hydrogen-bond donors (Lipinski definition) is 1. The van der Waals surface area contributed by atoms with Gasteiger partial charge in [-0.25, -0.2) is 0 Å². The second-order valence-corrected chi connectivity index (χ2v) is 5.63. The number of carbonyl (C=O) groups excluding carboxylic acids is 1. The Morgan fingerprint density at radius 1 is 1.50 bits per heavy atom. The monoisotopic (exact) mass is 277 g/mol. The van der Waals surface area contributed by atoms with Crippen molar-refractivity contribution >= 4 is 17.3 Å². The third-order valence-electron chi connectivity index (χ3n) is 3.85. The molecule has 0 spiro atoms. The predicted molar refractivity (Wildman–Crippen MR) is 75.9 cm³/mol. The van der Waals surface area contributed by atoms with Crippen molar-refractivity contribution in [1.82, 2.24) is 4.90 Å². The van der Waals surface area contributed by atoms with Gasteiger partial charge in [-0.05, 0) is 23.5 Å². The molecular weight excluding hydrogens is 258 g/mol. The molecule has 20 heavy (non-hydrogen) atoms. The van der Waals surface area contributed by atoms with E-state index in [0.29, 0.717) is 31.3 Å². The molecule has 1 heterocycles. The summed E-state index contributed by atoms with van der Waals surface area (Å²) >= 11 is 0. The summed E-state index contributed by atoms with van der Waals surface area (Å²) in [6, 6.07) is 4.71. The van der Waals surface area contributed by atoms with Crippen LogP contribution in [0.4, 0.5) is 11.4 Å². The maximum Gasteiger partial charge on any atom is 0.292 e. The first kappa shape index (κ1) is 14.3. The topological polar surface area (TPSA) is 89.5 Å². The molecule has 1 amide bonds. The SMILES string of the molecule is CC(C)C1CC(=O)N(Cc2ccc(N)c([N+](=O)[O-])c2)C1. The van der Waals surface area contributed by atoms with Gasteiger partial charge in [0.2, 0.25) is 5.91 Å². The maximum absolute atomic E-state index is 11.9. The molecular formula is C14H19N3O3. The highest BCUT2D eigenvalue weighted by Crippen LogP contribution is 2.28. The van der Waals surface area contributed by atoms with Crippen LogP contribution in [0.3, 0.4) is 0 Å². The van der Waals surface area contributed by atoms with E-state index in [1.165, 1.54) is 12.1 Å². The molecule has 1 saturated heterocycles. The van der Waals surface area contributed by atoms with Crippen LogP contribution in [0.1, 0.15) is 25.8 Å². The van der Waals surface area contributed by atoms with Crippen LogP contribution in [0.2, 0.25) is 0 Å². The number of nitrogen functional groups attached to an aromatic ring is 1. The van der Waals surface area contributed by atoms with E-state index in [1.54, 1.807) is 11.0 Å². The molecule has 1 atom stereocenters. The summed E-state index contributed by atoms with van der Waals surface area (Å²) < 4.78 is 0. The highest BCUT2D eigenvalue weighted by Gasteiger charge is 2.31. The molecule has 1 aliphatic heterocycles. The lowest BCUT2D eigenvalue weighted by atomic mass is 9.95. The molecule has 1 fully saturated rings. The van der Waals surface area contributed by atoms with Gasteiger partial charge in [0.15, 0.2) is 0 Å². The van der Waals surface area contributed by atoms with Crippen LogP contribution in [0.15, 0.2) is 18.2 Å². The van der Waals surface area contributed by atoms with Gasteiger partial charge in [-0.2, -0.15) is 0 Å². The molecule has 1 aliphatic rings. The summed E-state index contributed by atoms with van der Waals surface area (Å²) in [6.45, 7) is 5.34. The number of rotatable bonds is 4. The maximum atomic E-state index is 11.9. The molecule has 1 aromatic carbocycles. The zero-order valence-corrected chi connectivity index (χ0v) is 11.7. The van der Waals surface area contributed by atoms with E-state index in [-0.39, 0.29) is 17.3 Å². The van der Waals surface area contributed by atoms with Gasteiger partial charge in [-0.15, -0.1) is 0 Å². The second kappa shape index (κ2) is 5.48. The van der Waals surface area contributed by atoms with Crippen LogP contribution in [-0.2, 0) is 11.3 Å². The van der Waals surface area contributed by atoms with Crippen LogP contribution >= 0.6 is 0 Å². The number of nitrogens with two attached hydrogens (primary N) is 1. The van der Waals surface area contributed by atoms with Crippen molar-refractivity contribution in [2.45, 2.75) is 26.8 Å². The molecule has 0 radical (unpaired) electrons. The summed E-state index contributed by atoms with van der Waals surface area (Å²) in [5.74, 6) is 0.944. The lowest BCUT2D eigenvalue weighted by Gasteiger charge is -2.18. The minimum atomic E-state index is -0.498. The first-order chi connectivity index (χ1) is 9.38. The smallest absolute Gasteiger partial charge is 0.292 e. The van der Waals surface area contributed by atoms with Crippen LogP contribution in [0.25, 0.3) is 0 Å². The number of likely N-dealkylation sites (tertiary alicyclic amines) is 1. The Hall–Kier alpha value is -2.11. The molecule has 1 aromatic rings. The number of nitrogens with zero attached hydrogens (tertiary/aromatic N) is 2. The second-order valence-electron chi connectivity index (χ2n) is 5.63. The van der Waals surface area contributed by atoms with Crippen molar-refractivity contribution in [3.05, 3.63) is 33.9 Å². The molecule has 108 valence electrons. The number of amides is 1. The average molecular weight is 277 g/mol. The zero-order valence-electron chi connectivity index (χ0n) is 11.7. The van der Waals surface area contributed by atoms with Crippen LogP contribution in [0.5, 0.6) is 0 Å². The lowest BCUT2D eigenvalue weighted by molar-refractivity contribution is -0.384. The van der Waals surface area contributed by atoms with Crippen LogP contribution in [-0.4, -0.2) is 22.3 Å². The van der Waals surface area contributed by atoms with E-state index in [9.17, 15) is 14.9 Å². The van der Waals surface area contributed by atoms with Crippen LogP contribution in [0, 0.1) is 22.0 Å². The van der Waals surface area contributed by atoms with Gasteiger partial charge in [-0.1, -0.05) is 19.9 Å². The van der Waals surface area contributed by atoms with E-state index in [1.807, 2.05) is 0 Å². The Balaban J connectivity index is 2.13. The number of benzene rings is 1. The largest absolute Gasteiger partial charge is 0.393 e. The first-order valence-corrected chi connectivity index (χ1v) is 6.69. The molecule has 0 aliphatic carbocycles. The van der Waals surface area contributed by atoms with E-state index in [0.717, 1.165) is 5.56 Å². The van der Waals surface area contributed by atoms with Gasteiger partial charge in [0, 0.05) is 25.6 Å². The standard InChI is InChI=1S/C14H19N3O3/c1-9(2)11-6-14(18)16(8-11)7-10-3-4-12(15)13(5-10)17(19)20/h3-5,9,11H,6-8,15H2,1-2H3. The van der Waals surface area contributed by atoms with Crippen LogP contribution < -0.4 is 5.73 Å². The molecule has 0 aromatic heterocycles. The highest BCUT2D eigenvalue weighted by atomic mass is 16.6. The number of nitro benzene ring substituents is 1. The number of hydrogen-bond acceptors (Lipinski definition) is 4. The minimum Gasteiger partial charge on any atom is -0.393 e. The fourth-order valence-electron chi connectivity index (χ4n) is 2.47. The van der Waals surface area contributed by atoms with Crippen molar-refractivity contribution in [3.8, 4) is 0 Å². The highest BCUT2D eigenvalue weighted by molar-refractivity contribution is 5.78. The lowest BCUT2D eigenvalue weighted by Crippen LogP contribution is -2.25. The summed E-state index contributed by atoms with van der Waals surface area (Å²) in [5.41, 5.74) is 6.35. The van der Waals surface area contributed by atoms with E-state index in [4.69, 9.17) is 5.73 Å². The molecule has 2 rings (SSSR count). The molecule has 6 nitrogen and oxygen atoms in total. The van der Waals surface area contributed by atoms with Crippen molar-refractivity contribution in [3.63, 3.8) is 0 Å². The summed E-state index contributed by atoms with van der Waals surface area (Å²) in [4.78, 5) is 24.1. The summed E-state index contributed by atoms with van der Waals surface area (Å²) in [6.07, 6.45) is 0.564. The number of anilines is 1. The fraction of sp³-hybridized carbons (Fsp3) is 0.500. The van der Waals surface area contributed by atoms with Gasteiger partial charge in [0.1, 0.15) is 5.69 Å². The Bertz CT molecular complexity index is 542. The normalized spacial score (nSPS) is 18.9. The van der Waals surface area contributed by atoms with E-state index in [2.05, 4.69) is 13.8 Å². The van der Waals surface area contributed by atoms with Crippen molar-refractivity contribution in [1.29, 1.82) is 0 Å². The molecule has 6 heteroatoms.